The van der Waals surface area contributed by atoms with Crippen LogP contribution in [0.4, 0.5) is 11.4 Å². The first-order valence-electron chi connectivity index (χ1n) is 7.76. The molecular weight excluding hydrogens is 298 g/mol. The lowest BCUT2D eigenvalue weighted by Gasteiger charge is -2.26. The third-order valence-electron chi connectivity index (χ3n) is 4.09. The van der Waals surface area contributed by atoms with Crippen molar-refractivity contribution in [3.8, 4) is 0 Å². The van der Waals surface area contributed by atoms with Gasteiger partial charge < -0.3 is 20.6 Å². The molecule has 0 aliphatic carbocycles. The Morgan fingerprint density at radius 2 is 2.00 bits per heavy atom. The number of aliphatic hydroxyl groups is 1. The number of amides is 3. The molecule has 0 fully saturated rings. The molecule has 0 saturated carbocycles. The summed E-state index contributed by atoms with van der Waals surface area (Å²) in [6, 6.07) is 3.60. The molecule has 0 aromatic heterocycles. The fourth-order valence-corrected chi connectivity index (χ4v) is 3.10. The molecule has 1 aromatic rings. The van der Waals surface area contributed by atoms with E-state index < -0.39 is 11.8 Å². The first-order chi connectivity index (χ1) is 11.1. The maximum absolute atomic E-state index is 12.0. The van der Waals surface area contributed by atoms with Crippen molar-refractivity contribution in [3.63, 3.8) is 0 Å². The Morgan fingerprint density at radius 3 is 2.78 bits per heavy atom. The van der Waals surface area contributed by atoms with Crippen LogP contribution in [0.15, 0.2) is 12.1 Å². The van der Waals surface area contributed by atoms with Crippen molar-refractivity contribution in [2.75, 3.05) is 29.9 Å². The Kier molecular flexibility index (Phi) is 4.29. The van der Waals surface area contributed by atoms with Gasteiger partial charge in [-0.25, -0.2) is 0 Å². The van der Waals surface area contributed by atoms with E-state index in [2.05, 4.69) is 10.6 Å². The number of carbonyl (C=O) groups excluding carboxylic acids is 3. The highest BCUT2D eigenvalue weighted by Crippen LogP contribution is 2.38. The summed E-state index contributed by atoms with van der Waals surface area (Å²) < 4.78 is 0. The number of hydrogen-bond donors (Lipinski definition) is 3. The van der Waals surface area contributed by atoms with Crippen LogP contribution in [0.3, 0.4) is 0 Å². The molecule has 23 heavy (non-hydrogen) atoms. The van der Waals surface area contributed by atoms with E-state index in [4.69, 9.17) is 5.11 Å². The SMILES string of the molecule is O=C(NCCCO)C(=O)Nc1cc2c3c(c1)CC(=O)N3CCC2. The molecule has 3 rings (SSSR count). The molecule has 2 aliphatic heterocycles. The number of aliphatic hydroxyl groups excluding tert-OH is 1. The molecule has 0 atom stereocenters. The summed E-state index contributed by atoms with van der Waals surface area (Å²) >= 11 is 0. The second-order valence-electron chi connectivity index (χ2n) is 5.76. The van der Waals surface area contributed by atoms with E-state index in [1.54, 1.807) is 11.0 Å². The van der Waals surface area contributed by atoms with Gasteiger partial charge in [0, 0.05) is 25.4 Å². The molecule has 2 heterocycles. The molecule has 0 unspecified atom stereocenters. The number of benzene rings is 1. The minimum absolute atomic E-state index is 0.0411. The van der Waals surface area contributed by atoms with Gasteiger partial charge in [-0.05, 0) is 42.5 Å². The van der Waals surface area contributed by atoms with E-state index in [1.807, 2.05) is 6.07 Å². The van der Waals surface area contributed by atoms with Crippen molar-refractivity contribution >= 4 is 29.1 Å². The summed E-state index contributed by atoms with van der Waals surface area (Å²) in [6.07, 6.45) is 2.50. The van der Waals surface area contributed by atoms with Crippen molar-refractivity contribution in [3.05, 3.63) is 23.3 Å². The third-order valence-corrected chi connectivity index (χ3v) is 4.09. The van der Waals surface area contributed by atoms with Crippen LogP contribution in [0, 0.1) is 0 Å². The molecule has 2 aliphatic rings. The molecule has 0 saturated heterocycles. The number of anilines is 2. The topological polar surface area (TPSA) is 98.7 Å². The highest BCUT2D eigenvalue weighted by molar-refractivity contribution is 6.39. The first-order valence-corrected chi connectivity index (χ1v) is 7.76. The Morgan fingerprint density at radius 1 is 1.22 bits per heavy atom. The highest BCUT2D eigenvalue weighted by Gasteiger charge is 2.32. The Hall–Kier alpha value is -2.41. The predicted octanol–water partition coefficient (Wildman–Crippen LogP) is -0.0410. The normalized spacial score (nSPS) is 15.3. The molecular formula is C16H19N3O4. The zero-order valence-corrected chi connectivity index (χ0v) is 12.7. The summed E-state index contributed by atoms with van der Waals surface area (Å²) in [5.74, 6) is -1.39. The average molecular weight is 317 g/mol. The third kappa shape index (κ3) is 3.05. The van der Waals surface area contributed by atoms with Crippen LogP contribution in [0.2, 0.25) is 0 Å². The van der Waals surface area contributed by atoms with E-state index in [-0.39, 0.29) is 19.1 Å². The number of nitrogens with one attached hydrogen (secondary N) is 2. The summed E-state index contributed by atoms with van der Waals surface area (Å²) in [4.78, 5) is 37.3. The maximum atomic E-state index is 12.0. The second-order valence-corrected chi connectivity index (χ2v) is 5.76. The smallest absolute Gasteiger partial charge is 0.313 e. The standard InChI is InChI=1S/C16H19N3O4/c20-6-2-4-17-15(22)16(23)18-12-7-10-3-1-5-19-13(21)9-11(8-12)14(10)19/h7-8,20H,1-6,9H2,(H,17,22)(H,18,23). The van der Waals surface area contributed by atoms with Crippen LogP contribution in [0.1, 0.15) is 24.0 Å². The molecule has 0 spiro atoms. The van der Waals surface area contributed by atoms with E-state index in [1.165, 1.54) is 0 Å². The number of hydrogen-bond acceptors (Lipinski definition) is 4. The quantitative estimate of drug-likeness (QED) is 0.536. The zero-order chi connectivity index (χ0) is 16.4. The van der Waals surface area contributed by atoms with Crippen molar-refractivity contribution in [2.45, 2.75) is 25.7 Å². The first kappa shape index (κ1) is 15.5. The largest absolute Gasteiger partial charge is 0.396 e. The molecule has 122 valence electrons. The van der Waals surface area contributed by atoms with Crippen LogP contribution in [-0.4, -0.2) is 42.5 Å². The minimum atomic E-state index is -0.743. The van der Waals surface area contributed by atoms with Gasteiger partial charge in [-0.15, -0.1) is 0 Å². The van der Waals surface area contributed by atoms with Crippen molar-refractivity contribution in [1.82, 2.24) is 5.32 Å². The van der Waals surface area contributed by atoms with E-state index in [0.717, 1.165) is 36.2 Å². The predicted molar refractivity (Wildman–Crippen MR) is 84.2 cm³/mol. The van der Waals surface area contributed by atoms with Gasteiger partial charge in [0.05, 0.1) is 12.1 Å². The van der Waals surface area contributed by atoms with Gasteiger partial charge in [-0.3, -0.25) is 14.4 Å². The fourth-order valence-electron chi connectivity index (χ4n) is 3.10. The van der Waals surface area contributed by atoms with Gasteiger partial charge in [0.25, 0.3) is 0 Å². The van der Waals surface area contributed by atoms with E-state index in [9.17, 15) is 14.4 Å². The van der Waals surface area contributed by atoms with Crippen LogP contribution >= 0.6 is 0 Å². The van der Waals surface area contributed by atoms with Crippen molar-refractivity contribution in [1.29, 1.82) is 0 Å². The summed E-state index contributed by atoms with van der Waals surface area (Å²) in [7, 11) is 0. The molecule has 3 amide bonds. The highest BCUT2D eigenvalue weighted by atomic mass is 16.3. The summed E-state index contributed by atoms with van der Waals surface area (Å²) in [5.41, 5.74) is 3.46. The van der Waals surface area contributed by atoms with Crippen molar-refractivity contribution < 1.29 is 19.5 Å². The van der Waals surface area contributed by atoms with Gasteiger partial charge in [-0.1, -0.05) is 0 Å². The molecule has 3 N–H and O–H groups in total. The molecule has 1 aromatic carbocycles. The fraction of sp³-hybridized carbons (Fsp3) is 0.438. The lowest BCUT2D eigenvalue weighted by atomic mass is 9.99. The minimum Gasteiger partial charge on any atom is -0.396 e. The van der Waals surface area contributed by atoms with Gasteiger partial charge in [0.2, 0.25) is 5.91 Å². The van der Waals surface area contributed by atoms with Crippen LogP contribution < -0.4 is 15.5 Å². The lowest BCUT2D eigenvalue weighted by molar-refractivity contribution is -0.136. The number of carbonyl (C=O) groups is 3. The lowest BCUT2D eigenvalue weighted by Crippen LogP contribution is -2.36. The van der Waals surface area contributed by atoms with Crippen molar-refractivity contribution in [2.24, 2.45) is 0 Å². The number of aryl methyl sites for hydroxylation is 1. The maximum Gasteiger partial charge on any atom is 0.313 e. The molecule has 7 nitrogen and oxygen atoms in total. The Bertz CT molecular complexity index is 672. The molecule has 7 heteroatoms. The average Bonchev–Trinajstić information content (AvgIpc) is 2.85. The molecule has 0 bridgehead atoms. The second kappa shape index (κ2) is 6.37. The Labute approximate surface area is 133 Å². The Balaban J connectivity index is 1.73. The van der Waals surface area contributed by atoms with E-state index >= 15 is 0 Å². The van der Waals surface area contributed by atoms with Crippen LogP contribution in [0.5, 0.6) is 0 Å². The van der Waals surface area contributed by atoms with Gasteiger partial charge in [-0.2, -0.15) is 0 Å². The number of nitrogens with zero attached hydrogens (tertiary/aromatic N) is 1. The van der Waals surface area contributed by atoms with Gasteiger partial charge in [0.15, 0.2) is 0 Å². The van der Waals surface area contributed by atoms with E-state index in [0.29, 0.717) is 18.5 Å². The monoisotopic (exact) mass is 317 g/mol. The van der Waals surface area contributed by atoms with Crippen LogP contribution in [-0.2, 0) is 27.2 Å². The molecule has 0 radical (unpaired) electrons. The number of rotatable bonds is 4. The van der Waals surface area contributed by atoms with Gasteiger partial charge in [0.1, 0.15) is 0 Å². The summed E-state index contributed by atoms with van der Waals surface area (Å²) in [6.45, 7) is 0.958. The summed E-state index contributed by atoms with van der Waals surface area (Å²) in [5, 5.41) is 13.7. The van der Waals surface area contributed by atoms with Crippen LogP contribution in [0.25, 0.3) is 0 Å². The zero-order valence-electron chi connectivity index (χ0n) is 12.7. The van der Waals surface area contributed by atoms with Gasteiger partial charge >= 0.3 is 11.8 Å².